The highest BCUT2D eigenvalue weighted by Crippen LogP contribution is 2.35. The van der Waals surface area contributed by atoms with E-state index in [4.69, 9.17) is 5.11 Å². The second-order valence-electron chi connectivity index (χ2n) is 5.91. The summed E-state index contributed by atoms with van der Waals surface area (Å²) in [7, 11) is -3.74. The van der Waals surface area contributed by atoms with Gasteiger partial charge in [0.05, 0.1) is 28.8 Å². The molecule has 168 valence electrons. The van der Waals surface area contributed by atoms with Crippen LogP contribution in [0.15, 0.2) is 12.1 Å². The third kappa shape index (κ3) is 7.81. The summed E-state index contributed by atoms with van der Waals surface area (Å²) in [5.74, 6) is -0.836. The zero-order valence-corrected chi connectivity index (χ0v) is 18.3. The Morgan fingerprint density at radius 3 is 2.37 bits per heavy atom. The lowest BCUT2D eigenvalue weighted by molar-refractivity contribution is -0.393. The van der Waals surface area contributed by atoms with E-state index in [9.17, 15) is 33.4 Å². The van der Waals surface area contributed by atoms with Gasteiger partial charge in [0.2, 0.25) is 0 Å². The van der Waals surface area contributed by atoms with Crippen LogP contribution in [0.3, 0.4) is 0 Å². The fraction of sp³-hybridized carbons (Fsp3) is 0.533. The monoisotopic (exact) mass is 512 g/mol. The molecular weight excluding hydrogens is 492 g/mol. The van der Waals surface area contributed by atoms with E-state index in [1.807, 2.05) is 0 Å². The third-order valence-corrected chi connectivity index (χ3v) is 4.65. The standard InChI is InChI=1S/C15H21BrN4O9S/c1-30(27,28)29-8-6-18(5-3-16)13-9-11(15(22)17-4-2-7-21)12(19(23)24)10-14(13)20(25)26/h9-10,21H,2-8H2,1H3,(H,17,22). The number of hydrogen-bond donors (Lipinski definition) is 2. The van der Waals surface area contributed by atoms with Gasteiger partial charge in [0.1, 0.15) is 11.3 Å². The zero-order chi connectivity index (χ0) is 22.9. The molecular formula is C15H21BrN4O9S. The minimum absolute atomic E-state index is 0.0477. The van der Waals surface area contributed by atoms with E-state index in [2.05, 4.69) is 25.4 Å². The van der Waals surface area contributed by atoms with Crippen LogP contribution < -0.4 is 10.2 Å². The van der Waals surface area contributed by atoms with E-state index in [1.165, 1.54) is 4.90 Å². The molecule has 30 heavy (non-hydrogen) atoms. The Labute approximate surface area is 180 Å². The summed E-state index contributed by atoms with van der Waals surface area (Å²) in [6.45, 7) is -0.405. The molecule has 13 nitrogen and oxygen atoms in total. The maximum absolute atomic E-state index is 12.4. The van der Waals surface area contributed by atoms with Crippen molar-refractivity contribution in [3.63, 3.8) is 0 Å². The lowest BCUT2D eigenvalue weighted by Gasteiger charge is -2.24. The van der Waals surface area contributed by atoms with Crippen LogP contribution in [0.5, 0.6) is 0 Å². The predicted octanol–water partition coefficient (Wildman–Crippen LogP) is 0.793. The summed E-state index contributed by atoms with van der Waals surface area (Å²) >= 11 is 3.19. The zero-order valence-electron chi connectivity index (χ0n) is 15.9. The number of nitro benzene ring substituents is 2. The molecule has 0 radical (unpaired) electrons. The molecule has 0 unspecified atom stereocenters. The number of aliphatic hydroxyl groups is 1. The molecule has 1 rings (SSSR count). The molecule has 0 aliphatic heterocycles. The first-order valence-electron chi connectivity index (χ1n) is 8.53. The molecule has 0 aliphatic rings. The number of anilines is 1. The smallest absolute Gasteiger partial charge is 0.299 e. The molecule has 0 heterocycles. The molecule has 0 saturated heterocycles. The highest BCUT2D eigenvalue weighted by Gasteiger charge is 2.30. The minimum atomic E-state index is -3.74. The summed E-state index contributed by atoms with van der Waals surface area (Å²) < 4.78 is 27.0. The summed E-state index contributed by atoms with van der Waals surface area (Å²) in [5.41, 5.74) is -1.87. The molecule has 0 aromatic heterocycles. The Morgan fingerprint density at radius 1 is 1.23 bits per heavy atom. The Bertz CT molecular complexity index is 894. The quantitative estimate of drug-likeness (QED) is 0.126. The number of aliphatic hydroxyl groups excluding tert-OH is 1. The SMILES string of the molecule is CS(=O)(=O)OCCN(CCBr)c1cc(C(=O)NCCCO)c([N+](=O)[O-])cc1[N+](=O)[O-]. The number of halogens is 1. The number of nitro groups is 2. The lowest BCUT2D eigenvalue weighted by Crippen LogP contribution is -2.31. The summed E-state index contributed by atoms with van der Waals surface area (Å²) in [6.07, 6.45) is 1.07. The van der Waals surface area contributed by atoms with E-state index in [0.29, 0.717) is 11.4 Å². The van der Waals surface area contributed by atoms with Crippen LogP contribution >= 0.6 is 15.9 Å². The van der Waals surface area contributed by atoms with Gasteiger partial charge in [-0.05, 0) is 12.5 Å². The molecule has 0 bridgehead atoms. The van der Waals surface area contributed by atoms with Crippen molar-refractivity contribution in [1.29, 1.82) is 0 Å². The Morgan fingerprint density at radius 2 is 1.87 bits per heavy atom. The van der Waals surface area contributed by atoms with Crippen LogP contribution in [0.25, 0.3) is 0 Å². The van der Waals surface area contributed by atoms with Crippen LogP contribution in [0.1, 0.15) is 16.8 Å². The Kier molecular flexibility index (Phi) is 10.0. The molecule has 0 spiro atoms. The average molecular weight is 513 g/mol. The molecule has 1 amide bonds. The second-order valence-corrected chi connectivity index (χ2v) is 8.34. The van der Waals surface area contributed by atoms with Gasteiger partial charge < -0.3 is 15.3 Å². The van der Waals surface area contributed by atoms with Crippen LogP contribution in [0.2, 0.25) is 0 Å². The van der Waals surface area contributed by atoms with Gasteiger partial charge in [-0.1, -0.05) is 15.9 Å². The highest BCUT2D eigenvalue weighted by molar-refractivity contribution is 9.09. The van der Waals surface area contributed by atoms with Gasteiger partial charge in [0.15, 0.2) is 0 Å². The number of carbonyl (C=O) groups is 1. The number of rotatable bonds is 13. The number of amides is 1. The largest absolute Gasteiger partial charge is 0.396 e. The first-order chi connectivity index (χ1) is 14.0. The first kappa shape index (κ1) is 25.7. The van der Waals surface area contributed by atoms with Crippen molar-refractivity contribution in [2.45, 2.75) is 6.42 Å². The molecule has 2 N–H and O–H groups in total. The minimum Gasteiger partial charge on any atom is -0.396 e. The molecule has 0 saturated carbocycles. The normalized spacial score (nSPS) is 11.2. The van der Waals surface area contributed by atoms with Crippen molar-refractivity contribution < 1.29 is 32.3 Å². The lowest BCUT2D eigenvalue weighted by atomic mass is 10.1. The van der Waals surface area contributed by atoms with E-state index < -0.39 is 42.8 Å². The van der Waals surface area contributed by atoms with Crippen LogP contribution in [0.4, 0.5) is 17.1 Å². The summed E-state index contributed by atoms with van der Waals surface area (Å²) in [6, 6.07) is 1.71. The Balaban J connectivity index is 3.43. The number of nitrogens with zero attached hydrogens (tertiary/aromatic N) is 3. The Hall–Kier alpha value is -2.36. The van der Waals surface area contributed by atoms with Crippen molar-refractivity contribution in [2.24, 2.45) is 0 Å². The van der Waals surface area contributed by atoms with Crippen LogP contribution in [0, 0.1) is 20.2 Å². The number of carbonyl (C=O) groups excluding carboxylic acids is 1. The molecule has 0 atom stereocenters. The van der Waals surface area contributed by atoms with Gasteiger partial charge in [-0.3, -0.25) is 29.2 Å². The van der Waals surface area contributed by atoms with E-state index in [-0.39, 0.29) is 45.0 Å². The van der Waals surface area contributed by atoms with Crippen LogP contribution in [-0.2, 0) is 14.3 Å². The fourth-order valence-corrected chi connectivity index (χ4v) is 3.23. The van der Waals surface area contributed by atoms with E-state index in [0.717, 1.165) is 12.3 Å². The topological polar surface area (TPSA) is 182 Å². The average Bonchev–Trinajstić information content (AvgIpc) is 2.65. The van der Waals surface area contributed by atoms with Crippen molar-refractivity contribution in [1.82, 2.24) is 5.32 Å². The molecule has 1 aromatic rings. The van der Waals surface area contributed by atoms with Gasteiger partial charge in [0.25, 0.3) is 27.4 Å². The van der Waals surface area contributed by atoms with Gasteiger partial charge >= 0.3 is 0 Å². The maximum atomic E-state index is 12.4. The van der Waals surface area contributed by atoms with Gasteiger partial charge in [0, 0.05) is 31.6 Å². The van der Waals surface area contributed by atoms with Gasteiger partial charge in [-0.15, -0.1) is 0 Å². The van der Waals surface area contributed by atoms with Gasteiger partial charge in [-0.2, -0.15) is 8.42 Å². The maximum Gasteiger partial charge on any atom is 0.299 e. The fourth-order valence-electron chi connectivity index (χ4n) is 2.43. The van der Waals surface area contributed by atoms with Gasteiger partial charge in [-0.25, -0.2) is 0 Å². The summed E-state index contributed by atoms with van der Waals surface area (Å²) in [5, 5.41) is 34.4. The number of alkyl halides is 1. The third-order valence-electron chi connectivity index (χ3n) is 3.71. The highest BCUT2D eigenvalue weighted by atomic mass is 79.9. The number of nitrogens with one attached hydrogen (secondary N) is 1. The predicted molar refractivity (Wildman–Crippen MR) is 111 cm³/mol. The summed E-state index contributed by atoms with van der Waals surface area (Å²) in [4.78, 5) is 35.0. The number of benzene rings is 1. The van der Waals surface area contributed by atoms with E-state index >= 15 is 0 Å². The molecule has 1 aromatic carbocycles. The second kappa shape index (κ2) is 11.7. The number of hydrogen-bond acceptors (Lipinski definition) is 10. The first-order valence-corrected chi connectivity index (χ1v) is 11.5. The molecule has 0 aliphatic carbocycles. The molecule has 15 heteroatoms. The van der Waals surface area contributed by atoms with E-state index in [1.54, 1.807) is 0 Å². The van der Waals surface area contributed by atoms with Crippen molar-refractivity contribution in [3.05, 3.63) is 37.9 Å². The van der Waals surface area contributed by atoms with Crippen LogP contribution in [-0.4, -0.2) is 73.7 Å². The van der Waals surface area contributed by atoms with Crippen molar-refractivity contribution in [3.8, 4) is 0 Å². The van der Waals surface area contributed by atoms with Crippen molar-refractivity contribution in [2.75, 3.05) is 49.3 Å². The van der Waals surface area contributed by atoms with Crippen molar-refractivity contribution >= 4 is 49.0 Å². The molecule has 0 fully saturated rings.